The number of ketones is 2. The first-order valence-corrected chi connectivity index (χ1v) is 33.2. The molecule has 7 atom stereocenters. The molecule has 1 heterocycles. The molecule has 2 rings (SSSR count). The minimum absolute atomic E-state index is 0.111. The second-order valence-electron chi connectivity index (χ2n) is 21.6. The summed E-state index contributed by atoms with van der Waals surface area (Å²) in [5, 5.41) is 46.1. The Kier molecular flexibility index (Phi) is 55.8. The monoisotopic (exact) mass is 1400 g/mol. The van der Waals surface area contributed by atoms with E-state index >= 15 is 0 Å². The maximum atomic E-state index is 13.8. The average molecular weight is 1400 g/mol. The van der Waals surface area contributed by atoms with E-state index in [9.17, 15) is 49.2 Å². The van der Waals surface area contributed by atoms with E-state index in [1.54, 1.807) is 0 Å². The zero-order valence-corrected chi connectivity index (χ0v) is 57.0. The number of aliphatic hydroxyl groups excluding tert-OH is 3. The minimum atomic E-state index is -1.99. The number of Topliss-reactive ketones (excluding diaryl/α,β-unsaturated/α-hetero) is 2. The molecule has 0 aromatic heterocycles. The number of hydrogen-bond donors (Lipinski definition) is 7. The van der Waals surface area contributed by atoms with Crippen molar-refractivity contribution in [1.82, 2.24) is 10.6 Å². The highest BCUT2D eigenvalue weighted by Gasteiger charge is 2.48. The number of ether oxygens (including phenoxy) is 19. The van der Waals surface area contributed by atoms with Crippen molar-refractivity contribution in [2.45, 2.75) is 109 Å². The van der Waals surface area contributed by atoms with E-state index in [-0.39, 0.29) is 75.9 Å². The third kappa shape index (κ3) is 47.2. The highest BCUT2D eigenvalue weighted by Crippen LogP contribution is 2.29. The van der Waals surface area contributed by atoms with Gasteiger partial charge in [0.25, 0.3) is 0 Å². The fourth-order valence-electron chi connectivity index (χ4n) is 8.46. The van der Waals surface area contributed by atoms with Gasteiger partial charge in [0.1, 0.15) is 37.3 Å². The van der Waals surface area contributed by atoms with Crippen LogP contribution in [0, 0.1) is 5.92 Å². The number of aliphatic hydroxyl groups is 3. The number of hydrogen-bond acceptors (Lipinski definition) is 30. The van der Waals surface area contributed by atoms with Gasteiger partial charge < -0.3 is 126 Å². The van der Waals surface area contributed by atoms with Crippen LogP contribution in [-0.2, 0) is 121 Å². The molecule has 97 heavy (non-hydrogen) atoms. The van der Waals surface area contributed by atoms with Crippen molar-refractivity contribution in [2.75, 3.05) is 225 Å². The van der Waals surface area contributed by atoms with Crippen LogP contribution in [0.4, 0.5) is 0 Å². The number of benzene rings is 1. The van der Waals surface area contributed by atoms with Crippen molar-refractivity contribution in [1.29, 1.82) is 0 Å². The number of nitrogens with two attached hydrogens (primary N) is 1. The number of carbonyl (C=O) groups is 6. The third-order valence-corrected chi connectivity index (χ3v) is 13.6. The lowest BCUT2D eigenvalue weighted by molar-refractivity contribution is -0.271. The van der Waals surface area contributed by atoms with E-state index in [1.165, 1.54) is 32.0 Å². The number of aliphatic carboxylic acids is 1. The predicted molar refractivity (Wildman–Crippen MR) is 342 cm³/mol. The zero-order chi connectivity index (χ0) is 70.6. The van der Waals surface area contributed by atoms with Gasteiger partial charge in [-0.3, -0.25) is 24.0 Å². The van der Waals surface area contributed by atoms with Crippen LogP contribution in [0.25, 0.3) is 0 Å². The second kappa shape index (κ2) is 61.2. The number of carbonyl (C=O) groups excluding carboxylic acids is 5. The summed E-state index contributed by atoms with van der Waals surface area (Å²) in [6.07, 6.45) is -7.55. The Morgan fingerprint density at radius 2 is 0.959 bits per heavy atom. The molecule has 1 aromatic rings. The Bertz CT molecular complexity index is 2160. The molecule has 1 fully saturated rings. The number of esters is 1. The molecule has 0 unspecified atom stereocenters. The lowest BCUT2D eigenvalue weighted by atomic mass is 9.96. The van der Waals surface area contributed by atoms with Crippen LogP contribution in [0.1, 0.15) is 81.6 Å². The maximum absolute atomic E-state index is 13.8. The summed E-state index contributed by atoms with van der Waals surface area (Å²) in [7, 11) is 0. The zero-order valence-electron chi connectivity index (χ0n) is 57.0. The third-order valence-electron chi connectivity index (χ3n) is 13.6. The van der Waals surface area contributed by atoms with Crippen molar-refractivity contribution in [2.24, 2.45) is 11.8 Å². The first-order chi connectivity index (χ1) is 47.2. The van der Waals surface area contributed by atoms with Crippen LogP contribution in [0.5, 0.6) is 5.75 Å². The molecular weight excluding hydrogens is 1290 g/mol. The number of amides is 2. The number of rotatable bonds is 69. The van der Waals surface area contributed by atoms with Gasteiger partial charge in [0, 0.05) is 45.4 Å². The first-order valence-electron chi connectivity index (χ1n) is 33.2. The smallest absolute Gasteiger partial charge is 0.335 e. The van der Waals surface area contributed by atoms with Gasteiger partial charge in [0.05, 0.1) is 210 Å². The molecule has 0 aliphatic carbocycles. The van der Waals surface area contributed by atoms with Crippen LogP contribution in [-0.4, -0.2) is 317 Å². The highest BCUT2D eigenvalue weighted by atomic mass is 16.7. The Morgan fingerprint density at radius 3 is 1.38 bits per heavy atom. The van der Waals surface area contributed by atoms with E-state index in [2.05, 4.69) is 15.5 Å². The maximum Gasteiger partial charge on any atom is 0.335 e. The first kappa shape index (κ1) is 88.4. The van der Waals surface area contributed by atoms with Crippen LogP contribution >= 0.6 is 0 Å². The van der Waals surface area contributed by atoms with Crippen LogP contribution < -0.4 is 21.3 Å². The molecule has 1 saturated heterocycles. The Hall–Kier alpha value is -4.64. The topological polar surface area (TPSA) is 418 Å². The van der Waals surface area contributed by atoms with Gasteiger partial charge in [-0.25, -0.2) is 10.7 Å². The van der Waals surface area contributed by atoms with E-state index in [0.29, 0.717) is 216 Å². The van der Waals surface area contributed by atoms with Gasteiger partial charge in [0.2, 0.25) is 18.1 Å². The van der Waals surface area contributed by atoms with Gasteiger partial charge in [-0.1, -0.05) is 19.9 Å². The molecule has 1 aromatic carbocycles. The highest BCUT2D eigenvalue weighted by molar-refractivity contribution is 6.01. The fourth-order valence-corrected chi connectivity index (χ4v) is 8.46. The normalized spacial score (nSPS) is 16.8. The van der Waals surface area contributed by atoms with E-state index in [4.69, 9.17) is 95.9 Å². The van der Waals surface area contributed by atoms with Crippen molar-refractivity contribution in [3.05, 3.63) is 29.3 Å². The molecule has 1 aliphatic rings. The van der Waals surface area contributed by atoms with E-state index < -0.39 is 72.2 Å². The molecule has 0 bridgehead atoms. The van der Waals surface area contributed by atoms with Crippen LogP contribution in [0.2, 0.25) is 0 Å². The Morgan fingerprint density at radius 1 is 0.536 bits per heavy atom. The average Bonchev–Trinajstić information content (AvgIpc) is 0.800. The Labute approximate surface area is 568 Å². The van der Waals surface area contributed by atoms with Gasteiger partial charge >= 0.3 is 11.9 Å². The summed E-state index contributed by atoms with van der Waals surface area (Å²) in [5.41, 5.74) is 0.224. The standard InChI is InChI=1S/C64H111N3O30/c1-4-13-78-15-17-80-19-21-89-37-38-91-41-42-93-48-57(71)67-53(8-5-6-12-66-62(75)49(2)45-55(70)52-46-51(47-94-50(3)68)10-11-56(52)96-64-60(74)58(72)59(73)61(97-64)63(76)77)54(69)9-7-14-79-16-18-81-20-22-82-23-24-83-25-26-84-27-28-85-29-30-86-31-32-87-33-34-88-35-36-90-39-40-92-43-44-95-65/h10-11,46,49,53,58-61,64,72-74H,4-9,12-45,47-48,65H2,1-3H3,(H,66,75)(H,67,71)(H,76,77)/t49-,53+,58+,59+,60-,61+,64-/m1/s1. The summed E-state index contributed by atoms with van der Waals surface area (Å²) >= 11 is 0. The van der Waals surface area contributed by atoms with Gasteiger partial charge in [-0.05, 0) is 49.8 Å². The van der Waals surface area contributed by atoms with Crippen molar-refractivity contribution >= 4 is 35.3 Å². The number of nitrogens with one attached hydrogen (secondary N) is 2. The van der Waals surface area contributed by atoms with Gasteiger partial charge in [-0.2, -0.15) is 0 Å². The molecule has 0 radical (unpaired) electrons. The lowest BCUT2D eigenvalue weighted by Crippen LogP contribution is -2.61. The molecule has 0 saturated carbocycles. The summed E-state index contributed by atoms with van der Waals surface area (Å²) in [5.74, 6) is -0.243. The molecule has 33 nitrogen and oxygen atoms in total. The minimum Gasteiger partial charge on any atom is -0.479 e. The number of carboxylic acid groups (broad SMARTS) is 1. The van der Waals surface area contributed by atoms with Crippen molar-refractivity contribution < 1.29 is 144 Å². The molecule has 1 aliphatic heterocycles. The lowest BCUT2D eigenvalue weighted by Gasteiger charge is -2.38. The summed E-state index contributed by atoms with van der Waals surface area (Å²) in [6, 6.07) is 3.21. The fraction of sp³-hybridized carbons (Fsp3) is 0.812. The Balaban J connectivity index is 1.67. The summed E-state index contributed by atoms with van der Waals surface area (Å²) in [4.78, 5) is 81.3. The quantitative estimate of drug-likeness (QED) is 0.0194. The molecular formula is C64H111N3O30. The number of carboxylic acids is 1. The summed E-state index contributed by atoms with van der Waals surface area (Å²) < 4.78 is 104. The summed E-state index contributed by atoms with van der Waals surface area (Å²) in [6.45, 7) is 17.4. The predicted octanol–water partition coefficient (Wildman–Crippen LogP) is -0.0839. The van der Waals surface area contributed by atoms with Gasteiger partial charge in [0.15, 0.2) is 17.7 Å². The second-order valence-corrected chi connectivity index (χ2v) is 21.6. The van der Waals surface area contributed by atoms with Crippen LogP contribution in [0.3, 0.4) is 0 Å². The largest absolute Gasteiger partial charge is 0.479 e. The van der Waals surface area contributed by atoms with Gasteiger partial charge in [-0.15, -0.1) is 0 Å². The van der Waals surface area contributed by atoms with Crippen LogP contribution in [0.15, 0.2) is 18.2 Å². The molecule has 8 N–H and O–H groups in total. The SMILES string of the molecule is CCCOCCOCCOCCOCCOCC(=O)N[C@@H](CCCCNC(=O)[C@H](C)CC(=O)c1cc(COC(C)=O)ccc1O[C@@H]1O[C@H](C(=O)O)[C@@H](O)[C@H](O)[C@H]1O)C(=O)CCCOCCOCCOCCOCCOCCOCCOCCOCCOCCOCCOCCON. The van der Waals surface area contributed by atoms with E-state index in [1.807, 2.05) is 6.92 Å². The van der Waals surface area contributed by atoms with Crippen molar-refractivity contribution in [3.63, 3.8) is 0 Å². The van der Waals surface area contributed by atoms with Crippen molar-refractivity contribution in [3.8, 4) is 5.75 Å². The molecule has 2 amide bonds. The van der Waals surface area contributed by atoms with E-state index in [0.717, 1.165) is 6.42 Å². The number of unbranched alkanes of at least 4 members (excludes halogenated alkanes) is 1. The molecule has 33 heteroatoms. The molecule has 0 spiro atoms. The molecule has 562 valence electrons.